The van der Waals surface area contributed by atoms with Crippen molar-refractivity contribution in [3.63, 3.8) is 0 Å². The summed E-state index contributed by atoms with van der Waals surface area (Å²) in [6.45, 7) is -0.0122. The average molecular weight is 268 g/mol. The first kappa shape index (κ1) is 14.2. The molecule has 4 nitrogen and oxygen atoms in total. The Hall–Kier alpha value is -0.880. The fourth-order valence-corrected chi connectivity index (χ4v) is 1.76. The van der Waals surface area contributed by atoms with Gasteiger partial charge in [0.25, 0.3) is 0 Å². The Morgan fingerprint density at radius 1 is 1.47 bits per heavy atom. The maximum absolute atomic E-state index is 12.2. The van der Waals surface area contributed by atoms with Gasteiger partial charge in [-0.05, 0) is 31.8 Å². The molecular formula is C10H16ClF2N3O. The second-order valence-electron chi connectivity index (χ2n) is 3.94. The van der Waals surface area contributed by atoms with Gasteiger partial charge < -0.3 is 10.1 Å². The summed E-state index contributed by atoms with van der Waals surface area (Å²) in [4.78, 5) is 0. The number of ether oxygens (including phenoxy) is 1. The lowest BCUT2D eigenvalue weighted by Crippen LogP contribution is -2.30. The first-order valence-corrected chi connectivity index (χ1v) is 5.41. The summed E-state index contributed by atoms with van der Waals surface area (Å²) in [6, 6.07) is 0. The van der Waals surface area contributed by atoms with Gasteiger partial charge >= 0.3 is 6.55 Å². The molecule has 1 N–H and O–H groups in total. The smallest absolute Gasteiger partial charge is 0.333 e. The first-order chi connectivity index (χ1) is 7.75. The second kappa shape index (κ2) is 6.76. The first-order valence-electron chi connectivity index (χ1n) is 5.41. The zero-order chi connectivity index (χ0) is 11.4. The Morgan fingerprint density at radius 3 is 2.76 bits per heavy atom. The number of piperidine rings is 1. The van der Waals surface area contributed by atoms with E-state index in [1.807, 2.05) is 0 Å². The van der Waals surface area contributed by atoms with Gasteiger partial charge in [0.2, 0.25) is 0 Å². The minimum absolute atomic E-state index is 0. The molecule has 0 bridgehead atoms. The SMILES string of the molecule is Cl.FC(F)n1cc(OCC2CCNCC2)cn1. The van der Waals surface area contributed by atoms with Crippen molar-refractivity contribution in [1.29, 1.82) is 0 Å². The molecule has 1 aliphatic rings. The standard InChI is InChI=1S/C10H15F2N3O.ClH/c11-10(12)15-6-9(5-14-15)16-7-8-1-3-13-4-2-8;/h5-6,8,10,13H,1-4,7H2;1H. The highest BCUT2D eigenvalue weighted by Crippen LogP contribution is 2.17. The molecule has 0 amide bonds. The topological polar surface area (TPSA) is 39.1 Å². The van der Waals surface area contributed by atoms with Crippen LogP contribution in [-0.2, 0) is 0 Å². The monoisotopic (exact) mass is 267 g/mol. The molecule has 0 unspecified atom stereocenters. The van der Waals surface area contributed by atoms with Gasteiger partial charge in [0, 0.05) is 0 Å². The molecule has 1 aromatic heterocycles. The lowest BCUT2D eigenvalue weighted by molar-refractivity contribution is 0.0562. The Bertz CT molecular complexity index is 329. The van der Waals surface area contributed by atoms with E-state index >= 15 is 0 Å². The number of alkyl halides is 2. The van der Waals surface area contributed by atoms with E-state index in [4.69, 9.17) is 4.74 Å². The molecule has 98 valence electrons. The molecule has 2 rings (SSSR count). The average Bonchev–Trinajstić information content (AvgIpc) is 2.76. The summed E-state index contributed by atoms with van der Waals surface area (Å²) < 4.78 is 30.5. The van der Waals surface area contributed by atoms with Crippen LogP contribution in [0.5, 0.6) is 5.75 Å². The van der Waals surface area contributed by atoms with E-state index in [9.17, 15) is 8.78 Å². The van der Waals surface area contributed by atoms with Gasteiger partial charge in [-0.3, -0.25) is 0 Å². The predicted octanol–water partition coefficient (Wildman–Crippen LogP) is 2.08. The quantitative estimate of drug-likeness (QED) is 0.908. The number of aromatic nitrogens is 2. The molecule has 7 heteroatoms. The van der Waals surface area contributed by atoms with Crippen LogP contribution >= 0.6 is 12.4 Å². The number of nitrogens with zero attached hydrogens (tertiary/aromatic N) is 2. The third-order valence-electron chi connectivity index (χ3n) is 2.72. The molecule has 0 aromatic carbocycles. The molecule has 1 fully saturated rings. The zero-order valence-electron chi connectivity index (χ0n) is 9.31. The van der Waals surface area contributed by atoms with Crippen molar-refractivity contribution < 1.29 is 13.5 Å². The maximum Gasteiger partial charge on any atom is 0.333 e. The van der Waals surface area contributed by atoms with Gasteiger partial charge in [0.15, 0.2) is 5.75 Å². The van der Waals surface area contributed by atoms with Gasteiger partial charge in [-0.25, -0.2) is 4.68 Å². The predicted molar refractivity (Wildman–Crippen MR) is 61.8 cm³/mol. The van der Waals surface area contributed by atoms with Crippen molar-refractivity contribution in [3.8, 4) is 5.75 Å². The maximum atomic E-state index is 12.2. The number of halogens is 3. The van der Waals surface area contributed by atoms with E-state index in [1.165, 1.54) is 12.4 Å². The lowest BCUT2D eigenvalue weighted by Gasteiger charge is -2.22. The lowest BCUT2D eigenvalue weighted by atomic mass is 9.99. The van der Waals surface area contributed by atoms with E-state index in [2.05, 4.69) is 10.4 Å². The molecule has 17 heavy (non-hydrogen) atoms. The summed E-state index contributed by atoms with van der Waals surface area (Å²) in [6.07, 6.45) is 4.70. The van der Waals surface area contributed by atoms with Crippen LogP contribution in [0.3, 0.4) is 0 Å². The van der Waals surface area contributed by atoms with Crippen molar-refractivity contribution in [3.05, 3.63) is 12.4 Å². The largest absolute Gasteiger partial charge is 0.490 e. The fourth-order valence-electron chi connectivity index (χ4n) is 1.76. The van der Waals surface area contributed by atoms with Crippen molar-refractivity contribution in [2.45, 2.75) is 19.4 Å². The van der Waals surface area contributed by atoms with Crippen molar-refractivity contribution in [2.24, 2.45) is 5.92 Å². The minimum Gasteiger partial charge on any atom is -0.490 e. The molecule has 2 heterocycles. The summed E-state index contributed by atoms with van der Waals surface area (Å²) in [5.41, 5.74) is 0. The molecule has 1 aromatic rings. The van der Waals surface area contributed by atoms with Crippen LogP contribution in [0.1, 0.15) is 19.4 Å². The van der Waals surface area contributed by atoms with Crippen LogP contribution in [0, 0.1) is 5.92 Å². The van der Waals surface area contributed by atoms with Gasteiger partial charge in [0.1, 0.15) is 0 Å². The summed E-state index contributed by atoms with van der Waals surface area (Å²) in [5, 5.41) is 6.77. The molecule has 0 aliphatic carbocycles. The number of nitrogens with one attached hydrogen (secondary N) is 1. The molecule has 0 radical (unpaired) electrons. The van der Waals surface area contributed by atoms with Crippen molar-refractivity contribution in [2.75, 3.05) is 19.7 Å². The summed E-state index contributed by atoms with van der Waals surface area (Å²) >= 11 is 0. The molecular weight excluding hydrogens is 252 g/mol. The van der Waals surface area contributed by atoms with E-state index in [0.717, 1.165) is 25.9 Å². The number of hydrogen-bond acceptors (Lipinski definition) is 3. The van der Waals surface area contributed by atoms with E-state index in [1.54, 1.807) is 0 Å². The third-order valence-corrected chi connectivity index (χ3v) is 2.72. The van der Waals surface area contributed by atoms with Crippen LogP contribution in [0.4, 0.5) is 8.78 Å². The van der Waals surface area contributed by atoms with E-state index in [0.29, 0.717) is 23.0 Å². The number of rotatable bonds is 4. The van der Waals surface area contributed by atoms with Crippen LogP contribution in [0.25, 0.3) is 0 Å². The van der Waals surface area contributed by atoms with E-state index < -0.39 is 6.55 Å². The van der Waals surface area contributed by atoms with Crippen LogP contribution in [0.2, 0.25) is 0 Å². The Balaban J connectivity index is 0.00000144. The highest BCUT2D eigenvalue weighted by molar-refractivity contribution is 5.85. The second-order valence-corrected chi connectivity index (χ2v) is 3.94. The fraction of sp³-hybridized carbons (Fsp3) is 0.700. The Kier molecular flexibility index (Phi) is 5.64. The van der Waals surface area contributed by atoms with E-state index in [-0.39, 0.29) is 12.4 Å². The minimum atomic E-state index is -2.60. The normalized spacial score (nSPS) is 16.9. The third kappa shape index (κ3) is 4.12. The van der Waals surface area contributed by atoms with Gasteiger partial charge in [-0.15, -0.1) is 12.4 Å². The Morgan fingerprint density at radius 2 is 2.18 bits per heavy atom. The van der Waals surface area contributed by atoms with Crippen LogP contribution < -0.4 is 10.1 Å². The van der Waals surface area contributed by atoms with Crippen molar-refractivity contribution in [1.82, 2.24) is 15.1 Å². The Labute approximate surface area is 105 Å². The van der Waals surface area contributed by atoms with Crippen LogP contribution in [0.15, 0.2) is 12.4 Å². The zero-order valence-corrected chi connectivity index (χ0v) is 10.1. The highest BCUT2D eigenvalue weighted by atomic mass is 35.5. The molecule has 1 aliphatic heterocycles. The summed E-state index contributed by atoms with van der Waals surface area (Å²) in [5.74, 6) is 0.926. The van der Waals surface area contributed by atoms with Crippen LogP contribution in [-0.4, -0.2) is 29.5 Å². The molecule has 0 atom stereocenters. The molecule has 0 spiro atoms. The molecule has 1 saturated heterocycles. The van der Waals surface area contributed by atoms with Gasteiger partial charge in [-0.2, -0.15) is 13.9 Å². The number of hydrogen-bond donors (Lipinski definition) is 1. The van der Waals surface area contributed by atoms with Gasteiger partial charge in [-0.1, -0.05) is 0 Å². The van der Waals surface area contributed by atoms with Gasteiger partial charge in [0.05, 0.1) is 19.0 Å². The summed E-state index contributed by atoms with van der Waals surface area (Å²) in [7, 11) is 0. The van der Waals surface area contributed by atoms with Crippen molar-refractivity contribution >= 4 is 12.4 Å². The molecule has 0 saturated carbocycles. The highest BCUT2D eigenvalue weighted by Gasteiger charge is 2.14.